The van der Waals surface area contributed by atoms with Gasteiger partial charge >= 0.3 is 0 Å². The van der Waals surface area contributed by atoms with Gasteiger partial charge in [-0.1, -0.05) is 18.2 Å². The highest BCUT2D eigenvalue weighted by molar-refractivity contribution is 5.97. The van der Waals surface area contributed by atoms with Crippen LogP contribution in [0, 0.1) is 0 Å². The first-order valence-electron chi connectivity index (χ1n) is 8.32. The number of aliphatic imine (C=N–C) groups is 1. The zero-order valence-corrected chi connectivity index (χ0v) is 13.8. The lowest BCUT2D eigenvalue weighted by molar-refractivity contribution is 1.01. The van der Waals surface area contributed by atoms with Gasteiger partial charge in [-0.05, 0) is 41.3 Å². The van der Waals surface area contributed by atoms with Gasteiger partial charge in [0, 0.05) is 42.3 Å². The van der Waals surface area contributed by atoms with Gasteiger partial charge in [-0.25, -0.2) is 4.98 Å². The van der Waals surface area contributed by atoms with Crippen LogP contribution in [0.2, 0.25) is 0 Å². The number of pyridine rings is 2. The maximum Gasteiger partial charge on any atom is 0.126 e. The number of nitrogen functional groups attached to an aromatic ring is 1. The molecule has 5 nitrogen and oxygen atoms in total. The predicted molar refractivity (Wildman–Crippen MR) is 104 cm³/mol. The summed E-state index contributed by atoms with van der Waals surface area (Å²) in [5.74, 6) is 0.519. The maximum atomic E-state index is 6.01. The molecule has 4 rings (SSSR count). The fourth-order valence-electron chi connectivity index (χ4n) is 3.02. The minimum absolute atomic E-state index is 0.519. The fourth-order valence-corrected chi connectivity index (χ4v) is 3.02. The molecule has 2 aromatic heterocycles. The normalized spacial score (nSPS) is 13.2. The summed E-state index contributed by atoms with van der Waals surface area (Å²) in [6.07, 6.45) is 8.47. The van der Waals surface area contributed by atoms with Crippen molar-refractivity contribution in [2.75, 3.05) is 24.1 Å². The van der Waals surface area contributed by atoms with Crippen LogP contribution in [0.1, 0.15) is 11.1 Å². The molecule has 0 atom stereocenters. The highest BCUT2D eigenvalue weighted by atomic mass is 14.9. The second-order valence-corrected chi connectivity index (χ2v) is 6.05. The number of fused-ring (bicyclic) bond motifs is 1. The minimum Gasteiger partial charge on any atom is -0.384 e. The Bertz CT molecular complexity index is 960. The molecule has 0 saturated carbocycles. The first-order valence-corrected chi connectivity index (χ1v) is 8.32. The van der Waals surface area contributed by atoms with Crippen LogP contribution in [0.5, 0.6) is 0 Å². The second kappa shape index (κ2) is 6.73. The van der Waals surface area contributed by atoms with Crippen LogP contribution < -0.4 is 11.1 Å². The van der Waals surface area contributed by atoms with Crippen molar-refractivity contribution in [1.29, 1.82) is 0 Å². The molecule has 5 heteroatoms. The number of hydrogen-bond acceptors (Lipinski definition) is 5. The van der Waals surface area contributed by atoms with Gasteiger partial charge in [0.25, 0.3) is 0 Å². The smallest absolute Gasteiger partial charge is 0.126 e. The van der Waals surface area contributed by atoms with Crippen molar-refractivity contribution in [2.24, 2.45) is 4.99 Å². The SMILES string of the molecule is Nc1cc(NCCc2cccnc2)c2ccc(C3=CC=NC3)cc2n1. The van der Waals surface area contributed by atoms with Crippen LogP contribution in [0.4, 0.5) is 11.5 Å². The predicted octanol–water partition coefficient (Wildman–Crippen LogP) is 3.33. The zero-order valence-electron chi connectivity index (χ0n) is 13.8. The van der Waals surface area contributed by atoms with E-state index in [0.29, 0.717) is 5.82 Å². The van der Waals surface area contributed by atoms with Crippen LogP contribution in [-0.2, 0) is 6.42 Å². The third-order valence-corrected chi connectivity index (χ3v) is 4.30. The number of aromatic nitrogens is 2. The van der Waals surface area contributed by atoms with Crippen molar-refractivity contribution in [3.05, 3.63) is 66.0 Å². The van der Waals surface area contributed by atoms with Gasteiger partial charge in [0.2, 0.25) is 0 Å². The Hall–Kier alpha value is -3.21. The Morgan fingerprint density at radius 1 is 1.16 bits per heavy atom. The van der Waals surface area contributed by atoms with Crippen molar-refractivity contribution in [3.63, 3.8) is 0 Å². The van der Waals surface area contributed by atoms with Gasteiger partial charge in [-0.15, -0.1) is 0 Å². The van der Waals surface area contributed by atoms with Crippen molar-refractivity contribution in [1.82, 2.24) is 9.97 Å². The molecule has 1 aromatic carbocycles. The Morgan fingerprint density at radius 3 is 2.92 bits per heavy atom. The van der Waals surface area contributed by atoms with Crippen molar-refractivity contribution in [2.45, 2.75) is 6.42 Å². The van der Waals surface area contributed by atoms with Crippen LogP contribution >= 0.6 is 0 Å². The number of nitrogens with one attached hydrogen (secondary N) is 1. The first kappa shape index (κ1) is 15.3. The van der Waals surface area contributed by atoms with Gasteiger partial charge < -0.3 is 11.1 Å². The maximum absolute atomic E-state index is 6.01. The van der Waals surface area contributed by atoms with E-state index in [-0.39, 0.29) is 0 Å². The van der Waals surface area contributed by atoms with E-state index in [2.05, 4.69) is 44.5 Å². The van der Waals surface area contributed by atoms with Crippen molar-refractivity contribution in [3.8, 4) is 0 Å². The number of nitrogens with two attached hydrogens (primary N) is 1. The van der Waals surface area contributed by atoms with Gasteiger partial charge in [0.05, 0.1) is 12.1 Å². The number of hydrogen-bond donors (Lipinski definition) is 2. The number of benzene rings is 1. The number of nitrogens with zero attached hydrogens (tertiary/aromatic N) is 3. The lowest BCUT2D eigenvalue weighted by atomic mass is 10.0. The molecule has 1 aliphatic rings. The van der Waals surface area contributed by atoms with E-state index in [4.69, 9.17) is 5.73 Å². The Labute approximate surface area is 146 Å². The van der Waals surface area contributed by atoms with E-state index in [1.807, 2.05) is 30.6 Å². The van der Waals surface area contributed by atoms with Gasteiger partial charge in [-0.3, -0.25) is 9.98 Å². The summed E-state index contributed by atoms with van der Waals surface area (Å²) in [6.45, 7) is 1.54. The molecule has 0 bridgehead atoms. The Balaban J connectivity index is 1.58. The van der Waals surface area contributed by atoms with Crippen LogP contribution in [0.25, 0.3) is 16.5 Å². The summed E-state index contributed by atoms with van der Waals surface area (Å²) in [6, 6.07) is 12.2. The Kier molecular flexibility index (Phi) is 4.12. The molecule has 0 fully saturated rings. The molecule has 3 aromatic rings. The van der Waals surface area contributed by atoms with Gasteiger partial charge in [-0.2, -0.15) is 0 Å². The molecule has 0 amide bonds. The van der Waals surface area contributed by atoms with E-state index >= 15 is 0 Å². The molecule has 3 N–H and O–H groups in total. The fraction of sp³-hybridized carbons (Fsp3) is 0.150. The molecule has 0 radical (unpaired) electrons. The third-order valence-electron chi connectivity index (χ3n) is 4.30. The standard InChI is InChI=1S/C20H19N5/c21-20-11-18(24-9-5-14-2-1-7-22-12-14)17-4-3-15(10-19(17)25-20)16-6-8-23-13-16/h1-4,6-8,10-12H,5,9,13H2,(H3,21,24,25). The first-order chi connectivity index (χ1) is 12.3. The molecule has 1 aliphatic heterocycles. The van der Waals surface area contributed by atoms with E-state index in [1.165, 1.54) is 11.1 Å². The zero-order chi connectivity index (χ0) is 17.1. The molecule has 124 valence electrons. The largest absolute Gasteiger partial charge is 0.384 e. The Morgan fingerprint density at radius 2 is 2.12 bits per heavy atom. The summed E-state index contributed by atoms with van der Waals surface area (Å²) in [4.78, 5) is 12.9. The van der Waals surface area contributed by atoms with E-state index < -0.39 is 0 Å². The highest BCUT2D eigenvalue weighted by Gasteiger charge is 2.09. The molecule has 3 heterocycles. The summed E-state index contributed by atoms with van der Waals surface area (Å²) in [7, 11) is 0. The van der Waals surface area contributed by atoms with Gasteiger partial charge in [0.15, 0.2) is 0 Å². The third kappa shape index (κ3) is 3.35. The van der Waals surface area contributed by atoms with Crippen molar-refractivity contribution < 1.29 is 0 Å². The topological polar surface area (TPSA) is 76.2 Å². The van der Waals surface area contributed by atoms with E-state index in [1.54, 1.807) is 6.20 Å². The lowest BCUT2D eigenvalue weighted by Gasteiger charge is -2.12. The number of rotatable bonds is 5. The van der Waals surface area contributed by atoms with Crippen LogP contribution in [0.15, 0.2) is 59.9 Å². The van der Waals surface area contributed by atoms with Gasteiger partial charge in [0.1, 0.15) is 5.82 Å². The van der Waals surface area contributed by atoms with Crippen LogP contribution in [-0.4, -0.2) is 29.3 Å². The van der Waals surface area contributed by atoms with Crippen LogP contribution in [0.3, 0.4) is 0 Å². The molecule has 0 spiro atoms. The van der Waals surface area contributed by atoms with E-state index in [9.17, 15) is 0 Å². The molecule has 25 heavy (non-hydrogen) atoms. The van der Waals surface area contributed by atoms with Crippen molar-refractivity contribution >= 4 is 34.2 Å². The summed E-state index contributed by atoms with van der Waals surface area (Å²) in [5.41, 5.74) is 11.5. The quantitative estimate of drug-likeness (QED) is 0.753. The molecule has 0 aliphatic carbocycles. The lowest BCUT2D eigenvalue weighted by Crippen LogP contribution is -2.06. The molecule has 0 saturated heterocycles. The average molecular weight is 329 g/mol. The molecular weight excluding hydrogens is 310 g/mol. The highest BCUT2D eigenvalue weighted by Crippen LogP contribution is 2.28. The minimum atomic E-state index is 0.519. The molecule has 0 unspecified atom stereocenters. The summed E-state index contributed by atoms with van der Waals surface area (Å²) >= 11 is 0. The second-order valence-electron chi connectivity index (χ2n) is 6.05. The summed E-state index contributed by atoms with van der Waals surface area (Å²) in [5, 5.41) is 4.55. The molecular formula is C20H19N5. The number of anilines is 2. The summed E-state index contributed by atoms with van der Waals surface area (Å²) < 4.78 is 0. The average Bonchev–Trinajstić information content (AvgIpc) is 3.16. The number of allylic oxidation sites excluding steroid dienone is 1. The monoisotopic (exact) mass is 329 g/mol. The van der Waals surface area contributed by atoms with E-state index in [0.717, 1.165) is 41.7 Å².